The van der Waals surface area contributed by atoms with Crippen LogP contribution in [0.4, 0.5) is 5.69 Å². The summed E-state index contributed by atoms with van der Waals surface area (Å²) < 4.78 is 4.74. The fourth-order valence-corrected chi connectivity index (χ4v) is 1.51. The topological polar surface area (TPSA) is 91.2 Å². The Bertz CT molecular complexity index is 588. The maximum Gasteiger partial charge on any atom is 0.350 e. The molecule has 6 nitrogen and oxygen atoms in total. The molecule has 1 aromatic carbocycles. The molecule has 1 rings (SSSR count). The maximum absolute atomic E-state index is 11.7. The van der Waals surface area contributed by atoms with Crippen LogP contribution in [0, 0.1) is 11.3 Å². The van der Waals surface area contributed by atoms with Gasteiger partial charge in [0, 0.05) is 24.0 Å². The Hall–Kier alpha value is -2.81. The Kier molecular flexibility index (Phi) is 6.48. The van der Waals surface area contributed by atoms with Gasteiger partial charge in [0.1, 0.15) is 6.07 Å². The third-order valence-electron chi connectivity index (χ3n) is 2.46. The highest BCUT2D eigenvalue weighted by Gasteiger charge is 2.09. The van der Waals surface area contributed by atoms with E-state index < -0.39 is 5.97 Å². The van der Waals surface area contributed by atoms with Gasteiger partial charge in [0.05, 0.1) is 6.61 Å². The quantitative estimate of drug-likeness (QED) is 0.473. The first kappa shape index (κ1) is 16.2. The number of ether oxygens (including phenoxy) is 1. The van der Waals surface area contributed by atoms with Crippen molar-refractivity contribution in [2.24, 2.45) is 0 Å². The van der Waals surface area contributed by atoms with Gasteiger partial charge in [0.15, 0.2) is 5.57 Å². The molecule has 0 heterocycles. The van der Waals surface area contributed by atoms with Crippen LogP contribution in [0.3, 0.4) is 0 Å². The van der Waals surface area contributed by atoms with Crippen molar-refractivity contribution in [3.63, 3.8) is 0 Å². The zero-order chi connectivity index (χ0) is 15.7. The van der Waals surface area contributed by atoms with Crippen LogP contribution < -0.4 is 10.6 Å². The van der Waals surface area contributed by atoms with Crippen molar-refractivity contribution in [3.05, 3.63) is 41.6 Å². The zero-order valence-electron chi connectivity index (χ0n) is 12.0. The molecular weight excluding hydrogens is 270 g/mol. The van der Waals surface area contributed by atoms with Gasteiger partial charge in [-0.3, -0.25) is 4.79 Å². The molecule has 0 saturated heterocycles. The molecular formula is C15H17N3O3. The fourth-order valence-electron chi connectivity index (χ4n) is 1.51. The lowest BCUT2D eigenvalue weighted by Crippen LogP contribution is -2.22. The van der Waals surface area contributed by atoms with Crippen LogP contribution in [0.2, 0.25) is 0 Å². The number of nitriles is 1. The Morgan fingerprint density at radius 2 is 2.14 bits per heavy atom. The van der Waals surface area contributed by atoms with E-state index in [1.54, 1.807) is 37.3 Å². The molecule has 0 atom stereocenters. The second-order valence-corrected chi connectivity index (χ2v) is 3.97. The molecule has 0 aromatic heterocycles. The predicted octanol–water partition coefficient (Wildman–Crippen LogP) is 1.82. The van der Waals surface area contributed by atoms with E-state index in [0.29, 0.717) is 17.8 Å². The highest BCUT2D eigenvalue weighted by atomic mass is 16.5. The second-order valence-electron chi connectivity index (χ2n) is 3.97. The fraction of sp³-hybridized carbons (Fsp3) is 0.267. The predicted molar refractivity (Wildman–Crippen MR) is 78.4 cm³/mol. The van der Waals surface area contributed by atoms with Gasteiger partial charge in [-0.2, -0.15) is 5.26 Å². The average Bonchev–Trinajstić information content (AvgIpc) is 2.49. The summed E-state index contributed by atoms with van der Waals surface area (Å²) in [6.07, 6.45) is 1.26. The number of carbonyl (C=O) groups is 2. The van der Waals surface area contributed by atoms with E-state index >= 15 is 0 Å². The largest absolute Gasteiger partial charge is 0.462 e. The van der Waals surface area contributed by atoms with Gasteiger partial charge in [-0.25, -0.2) is 4.79 Å². The van der Waals surface area contributed by atoms with Crippen molar-refractivity contribution in [2.45, 2.75) is 13.8 Å². The zero-order valence-corrected chi connectivity index (χ0v) is 12.0. The van der Waals surface area contributed by atoms with Crippen LogP contribution in [0.15, 0.2) is 36.0 Å². The van der Waals surface area contributed by atoms with Gasteiger partial charge in [-0.15, -0.1) is 0 Å². The summed E-state index contributed by atoms with van der Waals surface area (Å²) in [5, 5.41) is 14.4. The number of rotatable bonds is 6. The van der Waals surface area contributed by atoms with Crippen molar-refractivity contribution in [3.8, 4) is 6.07 Å². The van der Waals surface area contributed by atoms with Crippen molar-refractivity contribution in [1.29, 1.82) is 5.26 Å². The molecule has 0 fully saturated rings. The first-order valence-corrected chi connectivity index (χ1v) is 6.54. The molecule has 1 aromatic rings. The second kappa shape index (κ2) is 8.38. The Morgan fingerprint density at radius 1 is 1.38 bits per heavy atom. The molecule has 21 heavy (non-hydrogen) atoms. The standard InChI is InChI=1S/C15H17N3O3/c1-3-17-14(19)11-6-5-7-13(8-11)18-10-12(9-16)15(20)21-4-2/h5-8,10,18H,3-4H2,1-2H3,(H,17,19)/b12-10-. The normalized spacial score (nSPS) is 10.4. The van der Waals surface area contributed by atoms with Crippen molar-refractivity contribution >= 4 is 17.6 Å². The molecule has 0 unspecified atom stereocenters. The van der Waals surface area contributed by atoms with Gasteiger partial charge >= 0.3 is 5.97 Å². The molecule has 0 spiro atoms. The molecule has 0 aliphatic carbocycles. The SMILES string of the molecule is CCNC(=O)c1cccc(N/C=C(/C#N)C(=O)OCC)c1. The van der Waals surface area contributed by atoms with Crippen molar-refractivity contribution in [2.75, 3.05) is 18.5 Å². The van der Waals surface area contributed by atoms with Crippen LogP contribution in [-0.2, 0) is 9.53 Å². The highest BCUT2D eigenvalue weighted by molar-refractivity contribution is 5.95. The molecule has 1 amide bonds. The van der Waals surface area contributed by atoms with Crippen molar-refractivity contribution < 1.29 is 14.3 Å². The lowest BCUT2D eigenvalue weighted by molar-refractivity contribution is -0.138. The molecule has 6 heteroatoms. The molecule has 0 radical (unpaired) electrons. The van der Waals surface area contributed by atoms with Crippen LogP contribution in [0.25, 0.3) is 0 Å². The van der Waals surface area contributed by atoms with Crippen LogP contribution in [-0.4, -0.2) is 25.0 Å². The van der Waals surface area contributed by atoms with Gasteiger partial charge in [0.25, 0.3) is 5.91 Å². The molecule has 0 aliphatic heterocycles. The van der Waals surface area contributed by atoms with Gasteiger partial charge in [0.2, 0.25) is 0 Å². The molecule has 0 bridgehead atoms. The third kappa shape index (κ3) is 4.99. The summed E-state index contributed by atoms with van der Waals surface area (Å²) in [6, 6.07) is 8.49. The number of amides is 1. The first-order chi connectivity index (χ1) is 10.1. The minimum absolute atomic E-state index is 0.139. The van der Waals surface area contributed by atoms with Crippen LogP contribution in [0.1, 0.15) is 24.2 Å². The number of hydrogen-bond donors (Lipinski definition) is 2. The number of benzene rings is 1. The lowest BCUT2D eigenvalue weighted by Gasteiger charge is -2.06. The Morgan fingerprint density at radius 3 is 2.76 bits per heavy atom. The van der Waals surface area contributed by atoms with Gasteiger partial charge in [-0.05, 0) is 32.0 Å². The minimum atomic E-state index is -0.688. The van der Waals surface area contributed by atoms with Crippen molar-refractivity contribution in [1.82, 2.24) is 5.32 Å². The number of esters is 1. The number of nitrogens with one attached hydrogen (secondary N) is 2. The molecule has 0 aliphatic rings. The average molecular weight is 287 g/mol. The van der Waals surface area contributed by atoms with Gasteiger partial charge in [-0.1, -0.05) is 6.07 Å². The highest BCUT2D eigenvalue weighted by Crippen LogP contribution is 2.11. The maximum atomic E-state index is 11.7. The number of nitrogens with zero attached hydrogens (tertiary/aromatic N) is 1. The van der Waals surface area contributed by atoms with E-state index in [1.165, 1.54) is 6.20 Å². The summed E-state index contributed by atoms with van der Waals surface area (Å²) in [4.78, 5) is 23.1. The van der Waals surface area contributed by atoms with E-state index in [2.05, 4.69) is 10.6 Å². The summed E-state index contributed by atoms with van der Waals surface area (Å²) in [5.41, 5.74) is 0.945. The summed E-state index contributed by atoms with van der Waals surface area (Å²) >= 11 is 0. The Balaban J connectivity index is 2.83. The monoisotopic (exact) mass is 287 g/mol. The third-order valence-corrected chi connectivity index (χ3v) is 2.46. The summed E-state index contributed by atoms with van der Waals surface area (Å²) in [6.45, 7) is 4.24. The first-order valence-electron chi connectivity index (χ1n) is 6.54. The van der Waals surface area contributed by atoms with Crippen LogP contribution >= 0.6 is 0 Å². The number of carbonyl (C=O) groups excluding carboxylic acids is 2. The van der Waals surface area contributed by atoms with Crippen LogP contribution in [0.5, 0.6) is 0 Å². The van der Waals surface area contributed by atoms with E-state index in [1.807, 2.05) is 6.92 Å². The summed E-state index contributed by atoms with van der Waals surface area (Å²) in [7, 11) is 0. The molecule has 2 N–H and O–H groups in total. The number of hydrogen-bond acceptors (Lipinski definition) is 5. The Labute approximate surface area is 123 Å². The van der Waals surface area contributed by atoms with E-state index in [9.17, 15) is 9.59 Å². The molecule has 0 saturated carbocycles. The van der Waals surface area contributed by atoms with Gasteiger partial charge < -0.3 is 15.4 Å². The number of anilines is 1. The van der Waals surface area contributed by atoms with E-state index in [4.69, 9.17) is 10.00 Å². The molecule has 110 valence electrons. The van der Waals surface area contributed by atoms with E-state index in [-0.39, 0.29) is 18.1 Å². The minimum Gasteiger partial charge on any atom is -0.462 e. The van der Waals surface area contributed by atoms with E-state index in [0.717, 1.165) is 0 Å². The lowest BCUT2D eigenvalue weighted by atomic mass is 10.2. The smallest absolute Gasteiger partial charge is 0.350 e. The summed E-state index contributed by atoms with van der Waals surface area (Å²) in [5.74, 6) is -0.872.